The molecule has 23 heavy (non-hydrogen) atoms. The van der Waals surface area contributed by atoms with Crippen molar-refractivity contribution >= 4 is 29.1 Å². The maximum absolute atomic E-state index is 12.4. The van der Waals surface area contributed by atoms with Crippen molar-refractivity contribution in [2.75, 3.05) is 0 Å². The Hall–Kier alpha value is -1.89. The summed E-state index contributed by atoms with van der Waals surface area (Å²) in [6.07, 6.45) is 1.94. The van der Waals surface area contributed by atoms with Crippen LogP contribution in [0.3, 0.4) is 0 Å². The van der Waals surface area contributed by atoms with Crippen LogP contribution in [0.15, 0.2) is 17.5 Å². The molecule has 1 heterocycles. The lowest BCUT2D eigenvalue weighted by molar-refractivity contribution is -0.142. The highest BCUT2D eigenvalue weighted by Crippen LogP contribution is 2.11. The van der Waals surface area contributed by atoms with Gasteiger partial charge in [-0.15, -0.1) is 11.3 Å². The summed E-state index contributed by atoms with van der Waals surface area (Å²) in [5.41, 5.74) is 0. The van der Waals surface area contributed by atoms with Crippen molar-refractivity contribution in [3.8, 4) is 0 Å². The Morgan fingerprint density at radius 2 is 1.96 bits per heavy atom. The van der Waals surface area contributed by atoms with Gasteiger partial charge in [-0.25, -0.2) is 4.79 Å². The molecule has 0 saturated carbocycles. The van der Waals surface area contributed by atoms with Crippen LogP contribution in [-0.4, -0.2) is 35.0 Å². The molecule has 0 radical (unpaired) electrons. The Kier molecular flexibility index (Phi) is 7.74. The van der Waals surface area contributed by atoms with Crippen molar-refractivity contribution in [2.45, 2.75) is 52.1 Å². The van der Waals surface area contributed by atoms with Crippen LogP contribution in [0.5, 0.6) is 0 Å². The second-order valence-corrected chi connectivity index (χ2v) is 6.66. The number of carbonyl (C=O) groups excluding carboxylic acids is 2. The molecule has 0 spiro atoms. The zero-order chi connectivity index (χ0) is 17.4. The molecule has 0 aromatic carbocycles. The summed E-state index contributed by atoms with van der Waals surface area (Å²) in [4.78, 5) is 36.3. The summed E-state index contributed by atoms with van der Waals surface area (Å²) in [5, 5.41) is 16.2. The van der Waals surface area contributed by atoms with E-state index in [1.807, 2.05) is 6.92 Å². The van der Waals surface area contributed by atoms with E-state index in [2.05, 4.69) is 10.6 Å². The molecule has 128 valence electrons. The minimum atomic E-state index is -1.06. The van der Waals surface area contributed by atoms with E-state index < -0.39 is 24.0 Å². The van der Waals surface area contributed by atoms with Crippen molar-refractivity contribution in [2.24, 2.45) is 5.92 Å². The van der Waals surface area contributed by atoms with Gasteiger partial charge in [0.15, 0.2) is 0 Å². The van der Waals surface area contributed by atoms with E-state index in [4.69, 9.17) is 0 Å². The van der Waals surface area contributed by atoms with Crippen LogP contribution < -0.4 is 10.6 Å². The summed E-state index contributed by atoms with van der Waals surface area (Å²) in [6.45, 7) is 5.57. The third-order valence-corrected chi connectivity index (χ3v) is 4.31. The number of hydrogen-bond donors (Lipinski definition) is 3. The maximum Gasteiger partial charge on any atom is 0.326 e. The Bertz CT molecular complexity index is 528. The van der Waals surface area contributed by atoms with Gasteiger partial charge in [0.05, 0.1) is 4.88 Å². The zero-order valence-electron chi connectivity index (χ0n) is 13.7. The molecule has 2 atom stereocenters. The average Bonchev–Trinajstić information content (AvgIpc) is 3.02. The first-order valence-electron chi connectivity index (χ1n) is 7.74. The number of carboxylic acid groups (broad SMARTS) is 1. The minimum Gasteiger partial charge on any atom is -0.480 e. The van der Waals surface area contributed by atoms with E-state index in [1.165, 1.54) is 11.3 Å². The molecular formula is C16H24N2O4S. The summed E-state index contributed by atoms with van der Waals surface area (Å²) in [7, 11) is 0. The summed E-state index contributed by atoms with van der Waals surface area (Å²) in [5.74, 6) is -2.00. The van der Waals surface area contributed by atoms with Gasteiger partial charge in [-0.1, -0.05) is 39.7 Å². The van der Waals surface area contributed by atoms with Crippen molar-refractivity contribution in [1.29, 1.82) is 0 Å². The molecule has 0 saturated heterocycles. The molecule has 2 unspecified atom stereocenters. The number of carbonyl (C=O) groups is 3. The minimum absolute atomic E-state index is 0.153. The highest BCUT2D eigenvalue weighted by atomic mass is 32.1. The number of amides is 2. The van der Waals surface area contributed by atoms with Crippen LogP contribution in [0.1, 0.15) is 49.7 Å². The second-order valence-electron chi connectivity index (χ2n) is 5.71. The van der Waals surface area contributed by atoms with Crippen LogP contribution in [0.25, 0.3) is 0 Å². The van der Waals surface area contributed by atoms with E-state index in [0.29, 0.717) is 17.7 Å². The third-order valence-electron chi connectivity index (χ3n) is 3.44. The first-order chi connectivity index (χ1) is 10.9. The van der Waals surface area contributed by atoms with Gasteiger partial charge in [-0.3, -0.25) is 9.59 Å². The van der Waals surface area contributed by atoms with Crippen LogP contribution in [-0.2, 0) is 9.59 Å². The molecule has 7 heteroatoms. The molecule has 1 aromatic rings. The molecule has 1 rings (SSSR count). The molecule has 0 fully saturated rings. The molecule has 6 nitrogen and oxygen atoms in total. The summed E-state index contributed by atoms with van der Waals surface area (Å²) < 4.78 is 0. The van der Waals surface area contributed by atoms with E-state index in [0.717, 1.165) is 6.42 Å². The topological polar surface area (TPSA) is 95.5 Å². The smallest absolute Gasteiger partial charge is 0.326 e. The van der Waals surface area contributed by atoms with Crippen LogP contribution in [0.4, 0.5) is 0 Å². The fourth-order valence-electron chi connectivity index (χ4n) is 2.08. The van der Waals surface area contributed by atoms with E-state index in [-0.39, 0.29) is 11.8 Å². The number of unbranched alkanes of at least 4 members (excludes halogenated alkanes) is 1. The van der Waals surface area contributed by atoms with Gasteiger partial charge in [0.25, 0.3) is 5.91 Å². The Morgan fingerprint density at radius 1 is 1.26 bits per heavy atom. The van der Waals surface area contributed by atoms with Crippen LogP contribution >= 0.6 is 11.3 Å². The molecule has 3 N–H and O–H groups in total. The highest BCUT2D eigenvalue weighted by molar-refractivity contribution is 7.12. The summed E-state index contributed by atoms with van der Waals surface area (Å²) in [6, 6.07) is 1.74. The highest BCUT2D eigenvalue weighted by Gasteiger charge is 2.28. The first-order valence-corrected chi connectivity index (χ1v) is 8.62. The standard InChI is InChI=1S/C16H24N2O4S/c1-4-5-7-11(16(21)22)17-15(20)13(10(2)3)18-14(19)12-8-6-9-23-12/h6,8-11,13H,4-5,7H2,1-3H3,(H,17,20)(H,18,19)(H,21,22). The number of nitrogens with one attached hydrogen (secondary N) is 2. The SMILES string of the molecule is CCCCC(NC(=O)C(NC(=O)c1cccs1)C(C)C)C(=O)O. The molecule has 0 bridgehead atoms. The predicted molar refractivity (Wildman–Crippen MR) is 89.5 cm³/mol. The molecule has 2 amide bonds. The zero-order valence-corrected chi connectivity index (χ0v) is 14.5. The summed E-state index contributed by atoms with van der Waals surface area (Å²) >= 11 is 1.29. The number of thiophene rings is 1. The normalized spacial score (nSPS) is 13.4. The Morgan fingerprint density at radius 3 is 2.43 bits per heavy atom. The van der Waals surface area contributed by atoms with Gasteiger partial charge in [0.1, 0.15) is 12.1 Å². The molecule has 0 aliphatic rings. The van der Waals surface area contributed by atoms with Gasteiger partial charge in [0, 0.05) is 0 Å². The molecular weight excluding hydrogens is 316 g/mol. The number of carboxylic acids is 1. The van der Waals surface area contributed by atoms with E-state index in [1.54, 1.807) is 31.4 Å². The lowest BCUT2D eigenvalue weighted by atomic mass is 10.0. The largest absolute Gasteiger partial charge is 0.480 e. The van der Waals surface area contributed by atoms with E-state index in [9.17, 15) is 19.5 Å². The second kappa shape index (κ2) is 9.29. The van der Waals surface area contributed by atoms with Gasteiger partial charge < -0.3 is 15.7 Å². The fraction of sp³-hybridized carbons (Fsp3) is 0.562. The number of hydrogen-bond acceptors (Lipinski definition) is 4. The maximum atomic E-state index is 12.4. The lowest BCUT2D eigenvalue weighted by Crippen LogP contribution is -2.53. The number of aliphatic carboxylic acids is 1. The van der Waals surface area contributed by atoms with Gasteiger partial charge in [0.2, 0.25) is 5.91 Å². The number of rotatable bonds is 9. The molecule has 0 aliphatic heterocycles. The van der Waals surface area contributed by atoms with E-state index >= 15 is 0 Å². The van der Waals surface area contributed by atoms with Crippen molar-refractivity contribution in [1.82, 2.24) is 10.6 Å². The Balaban J connectivity index is 2.73. The van der Waals surface area contributed by atoms with Crippen molar-refractivity contribution in [3.05, 3.63) is 22.4 Å². The Labute approximate surface area is 140 Å². The van der Waals surface area contributed by atoms with Crippen molar-refractivity contribution in [3.63, 3.8) is 0 Å². The average molecular weight is 340 g/mol. The van der Waals surface area contributed by atoms with Gasteiger partial charge in [-0.2, -0.15) is 0 Å². The predicted octanol–water partition coefficient (Wildman–Crippen LogP) is 2.26. The third kappa shape index (κ3) is 6.02. The first kappa shape index (κ1) is 19.2. The van der Waals surface area contributed by atoms with Crippen LogP contribution in [0, 0.1) is 5.92 Å². The van der Waals surface area contributed by atoms with Crippen molar-refractivity contribution < 1.29 is 19.5 Å². The molecule has 1 aromatic heterocycles. The fourth-order valence-corrected chi connectivity index (χ4v) is 2.71. The quantitative estimate of drug-likeness (QED) is 0.642. The monoisotopic (exact) mass is 340 g/mol. The van der Waals surface area contributed by atoms with Gasteiger partial charge in [-0.05, 0) is 23.8 Å². The van der Waals surface area contributed by atoms with Crippen LogP contribution in [0.2, 0.25) is 0 Å². The molecule has 0 aliphatic carbocycles. The lowest BCUT2D eigenvalue weighted by Gasteiger charge is -2.23. The van der Waals surface area contributed by atoms with Gasteiger partial charge >= 0.3 is 5.97 Å².